The van der Waals surface area contributed by atoms with E-state index in [0.29, 0.717) is 17.9 Å². The molecule has 147 valence electrons. The van der Waals surface area contributed by atoms with Crippen molar-refractivity contribution in [3.63, 3.8) is 0 Å². The molecule has 6 nitrogen and oxygen atoms in total. The zero-order chi connectivity index (χ0) is 19.0. The molecular weight excluding hydrogens is 512 g/mol. The minimum absolute atomic E-state index is 0. The Bertz CT molecular complexity index is 673. The maximum Gasteiger partial charge on any atom is 0.0789 e. The Morgan fingerprint density at radius 3 is 2.08 bits per heavy atom. The first kappa shape index (κ1) is 24.5. The van der Waals surface area contributed by atoms with E-state index < -0.39 is 0 Å². The first-order valence-corrected chi connectivity index (χ1v) is 8.08. The minimum atomic E-state index is -0.375. The summed E-state index contributed by atoms with van der Waals surface area (Å²) in [6.07, 6.45) is 1.47. The number of hydrogen-bond acceptors (Lipinski definition) is 6. The average molecular weight is 540 g/mol. The van der Waals surface area contributed by atoms with Gasteiger partial charge in [-0.1, -0.05) is 6.07 Å². The van der Waals surface area contributed by atoms with Crippen molar-refractivity contribution in [1.82, 2.24) is 9.97 Å². The molecule has 26 heavy (non-hydrogen) atoms. The molecule has 1 aromatic carbocycles. The van der Waals surface area contributed by atoms with Gasteiger partial charge < -0.3 is 24.7 Å². The first-order valence-electron chi connectivity index (χ1n) is 8.08. The van der Waals surface area contributed by atoms with E-state index in [-0.39, 0.29) is 32.3 Å². The molecule has 0 bridgehead atoms. The van der Waals surface area contributed by atoms with E-state index in [1.54, 1.807) is 40.3 Å². The van der Waals surface area contributed by atoms with Crippen LogP contribution in [0.5, 0.6) is 11.5 Å². The number of aliphatic hydroxyl groups excluding tert-OH is 2. The van der Waals surface area contributed by atoms with Crippen LogP contribution in [0.3, 0.4) is 0 Å². The Hall–Kier alpha value is -1.53. The molecule has 7 heteroatoms. The van der Waals surface area contributed by atoms with Gasteiger partial charge in [-0.25, -0.2) is 0 Å². The van der Waals surface area contributed by atoms with Crippen LogP contribution in [-0.2, 0) is 20.1 Å². The van der Waals surface area contributed by atoms with E-state index in [1.165, 1.54) is 0 Å². The van der Waals surface area contributed by atoms with Crippen LogP contribution < -0.4 is 9.47 Å². The van der Waals surface area contributed by atoms with E-state index in [9.17, 15) is 0 Å². The third-order valence-corrected chi connectivity index (χ3v) is 3.32. The van der Waals surface area contributed by atoms with E-state index >= 15 is 0 Å². The van der Waals surface area contributed by atoms with Gasteiger partial charge in [-0.3, -0.25) is 4.98 Å². The molecule has 2 N–H and O–H groups in total. The molecule has 0 aliphatic heterocycles. The monoisotopic (exact) mass is 540 g/mol. The fourth-order valence-electron chi connectivity index (χ4n) is 2.27. The Kier molecular flexibility index (Phi) is 11.3. The molecule has 0 spiro atoms. The van der Waals surface area contributed by atoms with Gasteiger partial charge in [-0.2, -0.15) is 0 Å². The summed E-state index contributed by atoms with van der Waals surface area (Å²) in [6, 6.07) is 6.73. The number of aromatic nitrogens is 2. The molecular formula is C19H27IrN2O4-. The SMILES string of the molecule is CC(O)CC(C)O.COc1c[c-]c(-c2ncc(C)nc2C)cc1OC.[Ir]. The summed E-state index contributed by atoms with van der Waals surface area (Å²) in [5.41, 5.74) is 3.43. The van der Waals surface area contributed by atoms with Crippen LogP contribution in [0.15, 0.2) is 18.3 Å². The summed E-state index contributed by atoms with van der Waals surface area (Å²) in [5.74, 6) is 1.31. The number of benzene rings is 1. The van der Waals surface area contributed by atoms with Crippen molar-refractivity contribution in [2.24, 2.45) is 0 Å². The van der Waals surface area contributed by atoms with Crippen LogP contribution in [-0.4, -0.2) is 46.6 Å². The number of aliphatic hydroxyl groups is 2. The van der Waals surface area contributed by atoms with Crippen molar-refractivity contribution in [2.45, 2.75) is 46.3 Å². The van der Waals surface area contributed by atoms with Gasteiger partial charge in [0.15, 0.2) is 0 Å². The predicted molar refractivity (Wildman–Crippen MR) is 96.9 cm³/mol. The molecule has 1 radical (unpaired) electrons. The zero-order valence-corrected chi connectivity index (χ0v) is 18.4. The van der Waals surface area contributed by atoms with Crippen LogP contribution in [0.1, 0.15) is 31.7 Å². The van der Waals surface area contributed by atoms with Gasteiger partial charge in [-0.15, -0.1) is 17.7 Å². The van der Waals surface area contributed by atoms with Gasteiger partial charge in [0.25, 0.3) is 0 Å². The van der Waals surface area contributed by atoms with E-state index in [0.717, 1.165) is 22.6 Å². The molecule has 2 aromatic rings. The largest absolute Gasteiger partial charge is 0.536 e. The number of rotatable bonds is 5. The smallest absolute Gasteiger partial charge is 0.0789 e. The molecule has 2 unspecified atom stereocenters. The van der Waals surface area contributed by atoms with Gasteiger partial charge in [0.1, 0.15) is 0 Å². The maximum atomic E-state index is 8.56. The van der Waals surface area contributed by atoms with E-state index in [2.05, 4.69) is 16.0 Å². The van der Waals surface area contributed by atoms with Gasteiger partial charge >= 0.3 is 0 Å². The summed E-state index contributed by atoms with van der Waals surface area (Å²) in [5, 5.41) is 17.1. The molecule has 0 saturated carbocycles. The van der Waals surface area contributed by atoms with Crippen molar-refractivity contribution in [2.75, 3.05) is 14.2 Å². The summed E-state index contributed by atoms with van der Waals surface area (Å²) >= 11 is 0. The second-order valence-electron chi connectivity index (χ2n) is 5.86. The normalized spacial score (nSPS) is 12.2. The summed E-state index contributed by atoms with van der Waals surface area (Å²) in [6.45, 7) is 7.17. The van der Waals surface area contributed by atoms with Crippen LogP contribution in [0.4, 0.5) is 0 Å². The number of hydrogen-bond donors (Lipinski definition) is 2. The standard InChI is InChI=1S/C14H15N2O2.C5H12O2.Ir/c1-9-8-15-14(10(2)16-9)11-5-6-12(17-3)13(7-11)18-4;1-4(6)3-5(2)7;/h6-8H,1-4H3;4-7H,3H2,1-2H3;/q-1;;. The third kappa shape index (κ3) is 7.79. The number of nitrogens with zero attached hydrogens (tertiary/aromatic N) is 2. The van der Waals surface area contributed by atoms with E-state index in [1.807, 2.05) is 19.9 Å². The Labute approximate surface area is 169 Å². The number of ether oxygens (including phenoxy) is 2. The van der Waals surface area contributed by atoms with Crippen molar-refractivity contribution in [3.05, 3.63) is 35.8 Å². The molecule has 0 saturated heterocycles. The van der Waals surface area contributed by atoms with Crippen molar-refractivity contribution in [3.8, 4) is 22.8 Å². The second kappa shape index (κ2) is 12.0. The summed E-state index contributed by atoms with van der Waals surface area (Å²) in [4.78, 5) is 8.78. The molecule has 2 atom stereocenters. The maximum absolute atomic E-state index is 8.56. The van der Waals surface area contributed by atoms with Crippen LogP contribution in [0.25, 0.3) is 11.3 Å². The molecule has 0 amide bonds. The molecule has 0 fully saturated rings. The fourth-order valence-corrected chi connectivity index (χ4v) is 2.27. The number of aryl methyl sites for hydroxylation is 2. The second-order valence-corrected chi connectivity index (χ2v) is 5.86. The zero-order valence-electron chi connectivity index (χ0n) is 16.0. The van der Waals surface area contributed by atoms with E-state index in [4.69, 9.17) is 19.7 Å². The fraction of sp³-hybridized carbons (Fsp3) is 0.474. The van der Waals surface area contributed by atoms with Crippen molar-refractivity contribution in [1.29, 1.82) is 0 Å². The molecule has 0 aliphatic rings. The summed E-state index contributed by atoms with van der Waals surface area (Å²) < 4.78 is 10.5. The third-order valence-electron chi connectivity index (χ3n) is 3.32. The quantitative estimate of drug-likeness (QED) is 0.569. The molecule has 1 heterocycles. The average Bonchev–Trinajstić information content (AvgIpc) is 2.53. The van der Waals surface area contributed by atoms with Crippen LogP contribution in [0.2, 0.25) is 0 Å². The van der Waals surface area contributed by atoms with Crippen LogP contribution in [0, 0.1) is 19.9 Å². The van der Waals surface area contributed by atoms with Gasteiger partial charge in [-0.05, 0) is 34.1 Å². The molecule has 1 aromatic heterocycles. The minimum Gasteiger partial charge on any atom is -0.536 e. The van der Waals surface area contributed by atoms with Gasteiger partial charge in [0.05, 0.1) is 43.6 Å². The van der Waals surface area contributed by atoms with Crippen molar-refractivity contribution < 1.29 is 39.8 Å². The number of methoxy groups -OCH3 is 2. The molecule has 0 aliphatic carbocycles. The Balaban J connectivity index is 0.000000673. The predicted octanol–water partition coefficient (Wildman–Crippen LogP) is 2.71. The Morgan fingerprint density at radius 1 is 1.08 bits per heavy atom. The first-order chi connectivity index (χ1) is 11.8. The van der Waals surface area contributed by atoms with Gasteiger partial charge in [0, 0.05) is 37.7 Å². The van der Waals surface area contributed by atoms with Crippen molar-refractivity contribution >= 4 is 0 Å². The van der Waals surface area contributed by atoms with Crippen LogP contribution >= 0.6 is 0 Å². The Morgan fingerprint density at radius 2 is 1.65 bits per heavy atom. The molecule has 2 rings (SSSR count). The summed E-state index contributed by atoms with van der Waals surface area (Å²) in [7, 11) is 3.21. The topological polar surface area (TPSA) is 84.7 Å². The van der Waals surface area contributed by atoms with Gasteiger partial charge in [0.2, 0.25) is 0 Å².